The summed E-state index contributed by atoms with van der Waals surface area (Å²) in [6, 6.07) is 0. The molecule has 0 fully saturated rings. The zero-order valence-electron chi connectivity index (χ0n) is 18.6. The Morgan fingerprint density at radius 3 is 2.27 bits per heavy atom. The molecule has 0 amide bonds. The number of carbonyl (C=O) groups excluding carboxylic acids is 1. The number of hydrogen-bond acceptors (Lipinski definition) is 7. The Kier molecular flexibility index (Phi) is 17.4. The van der Waals surface area contributed by atoms with Crippen molar-refractivity contribution in [2.45, 2.75) is 71.6 Å². The number of imidazole rings is 1. The molecule has 10 heteroatoms. The Morgan fingerprint density at radius 2 is 1.67 bits per heavy atom. The number of rotatable bonds is 16. The number of ether oxygens (including phenoxy) is 2. The summed E-state index contributed by atoms with van der Waals surface area (Å²) in [6.07, 6.45) is 12.3. The van der Waals surface area contributed by atoms with Crippen LogP contribution in [0.4, 0.5) is 0 Å². The van der Waals surface area contributed by atoms with Crippen LogP contribution in [0.5, 0.6) is 0 Å². The van der Waals surface area contributed by atoms with E-state index in [1.807, 2.05) is 17.8 Å². The van der Waals surface area contributed by atoms with Gasteiger partial charge in [0.25, 0.3) is 5.82 Å². The van der Waals surface area contributed by atoms with E-state index >= 15 is 0 Å². The standard InChI is InChI=1S/C12H20N2O3.C8H18O4S/c1-3-4-7-16-8-9-17-12(15)10-11-13-5-6-14(11)2;1-2-3-4-5-6-7-8-12-13(9,10)11/h5-6H,3-4,7-10H2,1-2H3;2-8H2,1H3,(H,9,10,11). The lowest BCUT2D eigenvalue weighted by Crippen LogP contribution is -2.32. The topological polar surface area (TPSA) is 122 Å². The molecule has 0 saturated heterocycles. The second kappa shape index (κ2) is 18.3. The molecule has 0 aliphatic heterocycles. The van der Waals surface area contributed by atoms with Crippen LogP contribution in [0, 0.1) is 0 Å². The highest BCUT2D eigenvalue weighted by Crippen LogP contribution is 2.05. The van der Waals surface area contributed by atoms with Crippen LogP contribution in [0.1, 0.15) is 71.0 Å². The molecule has 1 aromatic heterocycles. The molecule has 0 aliphatic rings. The Labute approximate surface area is 181 Å². The van der Waals surface area contributed by atoms with Crippen LogP contribution in [0.15, 0.2) is 12.4 Å². The first kappa shape index (κ1) is 28.5. The lowest BCUT2D eigenvalue weighted by atomic mass is 10.1. The van der Waals surface area contributed by atoms with E-state index in [9.17, 15) is 17.8 Å². The summed E-state index contributed by atoms with van der Waals surface area (Å²) < 4.78 is 46.2. The number of carbonyl (C=O) groups is 1. The Bertz CT molecular complexity index is 647. The van der Waals surface area contributed by atoms with Gasteiger partial charge in [0.1, 0.15) is 25.4 Å². The van der Waals surface area contributed by atoms with Crippen molar-refractivity contribution in [1.82, 2.24) is 4.98 Å². The van der Waals surface area contributed by atoms with Crippen LogP contribution in [-0.2, 0) is 42.3 Å². The third kappa shape index (κ3) is 18.5. The van der Waals surface area contributed by atoms with E-state index in [1.54, 1.807) is 6.20 Å². The summed E-state index contributed by atoms with van der Waals surface area (Å²) in [5, 5.41) is 0. The van der Waals surface area contributed by atoms with Crippen LogP contribution < -0.4 is 4.57 Å². The van der Waals surface area contributed by atoms with Crippen molar-refractivity contribution >= 4 is 16.4 Å². The van der Waals surface area contributed by atoms with Gasteiger partial charge in [0, 0.05) is 6.61 Å². The van der Waals surface area contributed by atoms with Crippen LogP contribution >= 0.6 is 0 Å². The fourth-order valence-corrected chi connectivity index (χ4v) is 2.73. The van der Waals surface area contributed by atoms with Crippen LogP contribution in [0.2, 0.25) is 0 Å². The molecule has 9 nitrogen and oxygen atoms in total. The van der Waals surface area contributed by atoms with Gasteiger partial charge in [-0.05, 0) is 12.8 Å². The molecule has 0 spiro atoms. The van der Waals surface area contributed by atoms with Gasteiger partial charge in [0.15, 0.2) is 0 Å². The van der Waals surface area contributed by atoms with E-state index in [0.717, 1.165) is 38.1 Å². The minimum absolute atomic E-state index is 0.0258. The zero-order chi connectivity index (χ0) is 22.7. The van der Waals surface area contributed by atoms with Gasteiger partial charge in [-0.25, -0.2) is 18.0 Å². The maximum atomic E-state index is 11.4. The Morgan fingerprint density at radius 1 is 1.00 bits per heavy atom. The summed E-state index contributed by atoms with van der Waals surface area (Å²) in [6.45, 7) is 5.81. The predicted molar refractivity (Wildman–Crippen MR) is 111 cm³/mol. The van der Waals surface area contributed by atoms with E-state index < -0.39 is 10.4 Å². The molecule has 0 radical (unpaired) electrons. The highest BCUT2D eigenvalue weighted by Gasteiger charge is 2.13. The van der Waals surface area contributed by atoms with Crippen LogP contribution in [-0.4, -0.2) is 50.4 Å². The highest BCUT2D eigenvalue weighted by molar-refractivity contribution is 7.80. The van der Waals surface area contributed by atoms with Crippen molar-refractivity contribution in [2.75, 3.05) is 26.4 Å². The van der Waals surface area contributed by atoms with E-state index in [2.05, 4.69) is 23.0 Å². The van der Waals surface area contributed by atoms with Crippen molar-refractivity contribution in [3.8, 4) is 0 Å². The number of esters is 1. The number of H-pyrrole nitrogens is 1. The van der Waals surface area contributed by atoms with Gasteiger partial charge >= 0.3 is 5.97 Å². The van der Waals surface area contributed by atoms with Gasteiger partial charge < -0.3 is 14.0 Å². The number of unbranched alkanes of at least 4 members (excludes halogenated alkanes) is 6. The van der Waals surface area contributed by atoms with Crippen LogP contribution in [0.25, 0.3) is 0 Å². The molecule has 0 aromatic carbocycles. The molecule has 1 heterocycles. The van der Waals surface area contributed by atoms with Crippen molar-refractivity contribution in [1.29, 1.82) is 0 Å². The van der Waals surface area contributed by atoms with Crippen molar-refractivity contribution in [3.63, 3.8) is 0 Å². The molecule has 1 rings (SSSR count). The molecule has 1 N–H and O–H groups in total. The monoisotopic (exact) mass is 450 g/mol. The van der Waals surface area contributed by atoms with Crippen molar-refractivity contribution < 1.29 is 36.0 Å². The number of aryl methyl sites for hydroxylation is 1. The van der Waals surface area contributed by atoms with Gasteiger partial charge in [-0.2, -0.15) is 0 Å². The molecule has 0 aliphatic carbocycles. The van der Waals surface area contributed by atoms with E-state index in [4.69, 9.17) is 9.47 Å². The number of hydrogen-bond donors (Lipinski definition) is 1. The number of nitrogens with zero attached hydrogens (tertiary/aromatic N) is 1. The second-order valence-corrected chi connectivity index (χ2v) is 7.93. The molecule has 1 aromatic rings. The molecule has 0 atom stereocenters. The van der Waals surface area contributed by atoms with E-state index in [0.29, 0.717) is 19.6 Å². The molecular weight excluding hydrogens is 412 g/mol. The first-order valence-electron chi connectivity index (χ1n) is 10.7. The molecule has 176 valence electrons. The Balaban J connectivity index is 0.000000584. The third-order valence-corrected chi connectivity index (χ3v) is 4.60. The van der Waals surface area contributed by atoms with Gasteiger partial charge in [0.05, 0.1) is 20.3 Å². The maximum absolute atomic E-state index is 11.4. The molecular formula is C20H38N2O7S. The zero-order valence-corrected chi connectivity index (χ0v) is 19.4. The summed E-state index contributed by atoms with van der Waals surface area (Å²) >= 11 is 0. The van der Waals surface area contributed by atoms with Gasteiger partial charge in [-0.1, -0.05) is 52.4 Å². The van der Waals surface area contributed by atoms with Crippen molar-refractivity contribution in [2.24, 2.45) is 7.05 Å². The summed E-state index contributed by atoms with van der Waals surface area (Å²) in [4.78, 5) is 14.4. The van der Waals surface area contributed by atoms with Gasteiger partial charge in [0.2, 0.25) is 10.4 Å². The smallest absolute Gasteiger partial charge is 0.318 e. The average molecular weight is 451 g/mol. The first-order chi connectivity index (χ1) is 14.3. The quantitative estimate of drug-likeness (QED) is 0.135. The number of aromatic nitrogens is 2. The third-order valence-electron chi connectivity index (χ3n) is 4.14. The molecule has 0 saturated carbocycles. The predicted octanol–water partition coefficient (Wildman–Crippen LogP) is 2.57. The van der Waals surface area contributed by atoms with Crippen LogP contribution in [0.3, 0.4) is 0 Å². The molecule has 30 heavy (non-hydrogen) atoms. The summed E-state index contributed by atoms with van der Waals surface area (Å²) in [5.41, 5.74) is 0. The SMILES string of the molecule is CCCCCCCCOS(=O)(=O)[O-].CCCCOCCOC(=O)Cc1[nH]cc[n+]1C. The fraction of sp³-hybridized carbons (Fsp3) is 0.800. The summed E-state index contributed by atoms with van der Waals surface area (Å²) in [7, 11) is -2.59. The summed E-state index contributed by atoms with van der Waals surface area (Å²) in [5.74, 6) is 0.601. The van der Waals surface area contributed by atoms with Gasteiger partial charge in [-0.3, -0.25) is 8.98 Å². The lowest BCUT2D eigenvalue weighted by Gasteiger charge is -2.06. The van der Waals surface area contributed by atoms with Crippen molar-refractivity contribution in [3.05, 3.63) is 18.2 Å². The minimum Gasteiger partial charge on any atom is -0.726 e. The number of aromatic amines is 1. The first-order valence-corrected chi connectivity index (χ1v) is 12.0. The Hall–Kier alpha value is -1.49. The highest BCUT2D eigenvalue weighted by atomic mass is 32.3. The van der Waals surface area contributed by atoms with Gasteiger partial charge in [-0.15, -0.1) is 0 Å². The number of nitrogens with one attached hydrogen (secondary N) is 1. The largest absolute Gasteiger partial charge is 0.726 e. The molecule has 0 unspecified atom stereocenters. The fourth-order valence-electron chi connectivity index (χ4n) is 2.41. The maximum Gasteiger partial charge on any atom is 0.318 e. The average Bonchev–Trinajstić information content (AvgIpc) is 3.08. The molecule has 0 bridgehead atoms. The second-order valence-electron chi connectivity index (χ2n) is 6.88. The normalized spacial score (nSPS) is 11.1. The minimum atomic E-state index is -4.47. The lowest BCUT2D eigenvalue weighted by molar-refractivity contribution is -0.677. The van der Waals surface area contributed by atoms with E-state index in [-0.39, 0.29) is 19.0 Å². The van der Waals surface area contributed by atoms with E-state index in [1.165, 1.54) is 19.3 Å².